The van der Waals surface area contributed by atoms with Gasteiger partial charge in [-0.2, -0.15) is 0 Å². The first kappa shape index (κ1) is 17.6. The largest absolute Gasteiger partial charge is 0.497 e. The van der Waals surface area contributed by atoms with Crippen LogP contribution in [0.15, 0.2) is 34.7 Å². The molecule has 0 saturated carbocycles. The standard InChI is InChI=1S/C18H21NO5/c1-11-15(16(20)21)9-14(24-11)10-19-17(22)18(2,3)12-5-7-13(23-4)8-6-12/h5-9H,10H2,1-4H3,(H,19,22)(H,20,21). The Morgan fingerprint density at radius 1 is 1.25 bits per heavy atom. The molecule has 0 bridgehead atoms. The highest BCUT2D eigenvalue weighted by Crippen LogP contribution is 2.25. The van der Waals surface area contributed by atoms with Crippen molar-refractivity contribution in [1.29, 1.82) is 0 Å². The number of carbonyl (C=O) groups excluding carboxylic acids is 1. The Balaban J connectivity index is 2.07. The lowest BCUT2D eigenvalue weighted by molar-refractivity contribution is -0.125. The maximum atomic E-state index is 12.5. The monoisotopic (exact) mass is 331 g/mol. The molecule has 0 aliphatic carbocycles. The smallest absolute Gasteiger partial charge is 0.339 e. The molecule has 0 aliphatic heterocycles. The van der Waals surface area contributed by atoms with Crippen LogP contribution in [0.1, 0.15) is 41.3 Å². The molecule has 0 unspecified atom stereocenters. The van der Waals surface area contributed by atoms with Crippen molar-refractivity contribution in [2.24, 2.45) is 0 Å². The summed E-state index contributed by atoms with van der Waals surface area (Å²) in [7, 11) is 1.59. The SMILES string of the molecule is COc1ccc(C(C)(C)C(=O)NCc2cc(C(=O)O)c(C)o2)cc1. The molecule has 2 rings (SSSR count). The summed E-state index contributed by atoms with van der Waals surface area (Å²) in [5, 5.41) is 11.8. The highest BCUT2D eigenvalue weighted by molar-refractivity contribution is 5.89. The summed E-state index contributed by atoms with van der Waals surface area (Å²) in [5.41, 5.74) is 0.208. The fraction of sp³-hybridized carbons (Fsp3) is 0.333. The topological polar surface area (TPSA) is 88.8 Å². The van der Waals surface area contributed by atoms with E-state index in [-0.39, 0.29) is 18.0 Å². The molecule has 0 atom stereocenters. The van der Waals surface area contributed by atoms with Crippen LogP contribution in [-0.2, 0) is 16.8 Å². The van der Waals surface area contributed by atoms with Gasteiger partial charge in [-0.3, -0.25) is 4.79 Å². The summed E-state index contributed by atoms with van der Waals surface area (Å²) in [6.45, 7) is 5.35. The number of nitrogens with one attached hydrogen (secondary N) is 1. The molecule has 0 saturated heterocycles. The number of rotatable bonds is 6. The van der Waals surface area contributed by atoms with Gasteiger partial charge in [-0.15, -0.1) is 0 Å². The molecule has 6 heteroatoms. The number of hydrogen-bond acceptors (Lipinski definition) is 4. The molecule has 24 heavy (non-hydrogen) atoms. The molecule has 6 nitrogen and oxygen atoms in total. The van der Waals surface area contributed by atoms with Gasteiger partial charge >= 0.3 is 5.97 Å². The second kappa shape index (κ2) is 6.78. The Labute approximate surface area is 140 Å². The first-order valence-corrected chi connectivity index (χ1v) is 7.51. The van der Waals surface area contributed by atoms with Crippen LogP contribution in [0.3, 0.4) is 0 Å². The van der Waals surface area contributed by atoms with Crippen LogP contribution in [-0.4, -0.2) is 24.1 Å². The number of furan rings is 1. The molecule has 1 aromatic heterocycles. The highest BCUT2D eigenvalue weighted by Gasteiger charge is 2.29. The number of ether oxygens (including phenoxy) is 1. The van der Waals surface area contributed by atoms with Crippen LogP contribution in [0.25, 0.3) is 0 Å². The van der Waals surface area contributed by atoms with E-state index in [0.717, 1.165) is 11.3 Å². The number of carboxylic acids is 1. The molecule has 1 amide bonds. The average molecular weight is 331 g/mol. The molecule has 128 valence electrons. The van der Waals surface area contributed by atoms with Crippen LogP contribution in [0.5, 0.6) is 5.75 Å². The zero-order valence-corrected chi connectivity index (χ0v) is 14.2. The van der Waals surface area contributed by atoms with Gasteiger partial charge in [0.05, 0.1) is 19.1 Å². The highest BCUT2D eigenvalue weighted by atomic mass is 16.5. The van der Waals surface area contributed by atoms with Crippen molar-refractivity contribution in [2.45, 2.75) is 32.7 Å². The van der Waals surface area contributed by atoms with E-state index in [1.165, 1.54) is 6.07 Å². The molecule has 1 aromatic carbocycles. The first-order valence-electron chi connectivity index (χ1n) is 7.51. The van der Waals surface area contributed by atoms with Crippen molar-refractivity contribution < 1.29 is 23.8 Å². The number of carboxylic acid groups (broad SMARTS) is 1. The first-order chi connectivity index (χ1) is 11.3. The lowest BCUT2D eigenvalue weighted by Crippen LogP contribution is -2.39. The van der Waals surface area contributed by atoms with Crippen LogP contribution in [0.2, 0.25) is 0 Å². The average Bonchev–Trinajstić information content (AvgIpc) is 2.93. The minimum Gasteiger partial charge on any atom is -0.497 e. The summed E-state index contributed by atoms with van der Waals surface area (Å²) < 4.78 is 10.5. The predicted octanol–water partition coefficient (Wildman–Crippen LogP) is 2.89. The lowest BCUT2D eigenvalue weighted by atomic mass is 9.83. The number of hydrogen-bond donors (Lipinski definition) is 2. The Hall–Kier alpha value is -2.76. The Bertz CT molecular complexity index is 743. The van der Waals surface area contributed by atoms with Gasteiger partial charge in [0.1, 0.15) is 22.8 Å². The van der Waals surface area contributed by atoms with Crippen molar-refractivity contribution in [2.75, 3.05) is 7.11 Å². The third-order valence-electron chi connectivity index (χ3n) is 4.00. The van der Waals surface area contributed by atoms with Crippen molar-refractivity contribution in [3.05, 3.63) is 53.0 Å². The minimum atomic E-state index is -1.05. The van der Waals surface area contributed by atoms with Crippen molar-refractivity contribution >= 4 is 11.9 Å². The van der Waals surface area contributed by atoms with E-state index in [0.29, 0.717) is 11.5 Å². The van der Waals surface area contributed by atoms with Crippen molar-refractivity contribution in [3.8, 4) is 5.75 Å². The summed E-state index contributed by atoms with van der Waals surface area (Å²) in [4.78, 5) is 23.5. The number of aryl methyl sites for hydroxylation is 1. The van der Waals surface area contributed by atoms with Crippen molar-refractivity contribution in [1.82, 2.24) is 5.32 Å². The quantitative estimate of drug-likeness (QED) is 0.849. The summed E-state index contributed by atoms with van der Waals surface area (Å²) in [5.74, 6) is 0.221. The molecule has 0 aliphatic rings. The van der Waals surface area contributed by atoms with Gasteiger partial charge in [-0.25, -0.2) is 4.79 Å². The Kier molecular flexibility index (Phi) is 4.97. The van der Waals surface area contributed by atoms with Gasteiger partial charge in [-0.05, 0) is 44.5 Å². The van der Waals surface area contributed by atoms with Gasteiger partial charge in [0.25, 0.3) is 0 Å². The fourth-order valence-corrected chi connectivity index (χ4v) is 2.37. The third kappa shape index (κ3) is 3.59. The Morgan fingerprint density at radius 2 is 1.88 bits per heavy atom. The van der Waals surface area contributed by atoms with Crippen LogP contribution in [0.4, 0.5) is 0 Å². The number of carbonyl (C=O) groups is 2. The minimum absolute atomic E-state index is 0.105. The second-order valence-corrected chi connectivity index (χ2v) is 6.02. The third-order valence-corrected chi connectivity index (χ3v) is 4.00. The molecule has 2 N–H and O–H groups in total. The van der Waals surface area contributed by atoms with Crippen LogP contribution in [0, 0.1) is 6.92 Å². The summed E-state index contributed by atoms with van der Waals surface area (Å²) in [6.07, 6.45) is 0. The number of methoxy groups -OCH3 is 1. The van der Waals surface area contributed by atoms with Gasteiger partial charge in [0.15, 0.2) is 0 Å². The van der Waals surface area contributed by atoms with E-state index in [1.807, 2.05) is 26.0 Å². The van der Waals surface area contributed by atoms with Gasteiger partial charge in [0, 0.05) is 0 Å². The number of benzene rings is 1. The molecular formula is C18H21NO5. The van der Waals surface area contributed by atoms with Crippen molar-refractivity contribution in [3.63, 3.8) is 0 Å². The molecule has 0 spiro atoms. The molecule has 0 fully saturated rings. The number of aromatic carboxylic acids is 1. The zero-order valence-electron chi connectivity index (χ0n) is 14.2. The fourth-order valence-electron chi connectivity index (χ4n) is 2.37. The van der Waals surface area contributed by atoms with E-state index in [2.05, 4.69) is 5.32 Å². The lowest BCUT2D eigenvalue weighted by Gasteiger charge is -2.24. The van der Waals surface area contributed by atoms with Gasteiger partial charge in [-0.1, -0.05) is 12.1 Å². The summed E-state index contributed by atoms with van der Waals surface area (Å²) in [6, 6.07) is 8.73. The van der Waals surface area contributed by atoms with E-state index in [4.69, 9.17) is 14.3 Å². The van der Waals surface area contributed by atoms with Gasteiger partial charge < -0.3 is 19.6 Å². The molecule has 0 radical (unpaired) electrons. The van der Waals surface area contributed by atoms with E-state index < -0.39 is 11.4 Å². The molecular weight excluding hydrogens is 310 g/mol. The van der Waals surface area contributed by atoms with E-state index >= 15 is 0 Å². The van der Waals surface area contributed by atoms with Crippen LogP contribution >= 0.6 is 0 Å². The normalized spacial score (nSPS) is 11.2. The maximum absolute atomic E-state index is 12.5. The Morgan fingerprint density at radius 3 is 2.38 bits per heavy atom. The zero-order chi connectivity index (χ0) is 17.9. The van der Waals surface area contributed by atoms with E-state index in [1.54, 1.807) is 26.2 Å². The van der Waals surface area contributed by atoms with Crippen LogP contribution < -0.4 is 10.1 Å². The number of amides is 1. The molecule has 2 aromatic rings. The second-order valence-electron chi connectivity index (χ2n) is 6.02. The summed E-state index contributed by atoms with van der Waals surface area (Å²) >= 11 is 0. The predicted molar refractivity (Wildman–Crippen MR) is 88.3 cm³/mol. The molecule has 1 heterocycles. The maximum Gasteiger partial charge on any atom is 0.339 e. The van der Waals surface area contributed by atoms with Gasteiger partial charge in [0.2, 0.25) is 5.91 Å². The van der Waals surface area contributed by atoms with E-state index in [9.17, 15) is 9.59 Å².